The summed E-state index contributed by atoms with van der Waals surface area (Å²) in [5.41, 5.74) is 1.21. The maximum Gasteiger partial charge on any atom is 0.338 e. The second-order valence-corrected chi connectivity index (χ2v) is 6.01. The summed E-state index contributed by atoms with van der Waals surface area (Å²) in [5.74, 6) is -1.17. The lowest BCUT2D eigenvalue weighted by Crippen LogP contribution is -2.18. The fraction of sp³-hybridized carbons (Fsp3) is 0.500. The lowest BCUT2D eigenvalue weighted by atomic mass is 9.96. The number of hydrogen-bond acceptors (Lipinski definition) is 6. The maximum absolute atomic E-state index is 12.4. The second-order valence-electron chi connectivity index (χ2n) is 6.01. The minimum Gasteiger partial charge on any atom is -0.462 e. The van der Waals surface area contributed by atoms with Crippen molar-refractivity contribution < 1.29 is 28.6 Å². The summed E-state index contributed by atoms with van der Waals surface area (Å²) in [7, 11) is 0. The van der Waals surface area contributed by atoms with Crippen molar-refractivity contribution in [3.63, 3.8) is 0 Å². The zero-order valence-corrected chi connectivity index (χ0v) is 13.4. The highest BCUT2D eigenvalue weighted by molar-refractivity contribution is 5.95. The van der Waals surface area contributed by atoms with Gasteiger partial charge in [0.05, 0.1) is 24.3 Å². The van der Waals surface area contributed by atoms with Crippen LogP contribution in [0.2, 0.25) is 0 Å². The first-order valence-corrected chi connectivity index (χ1v) is 8.33. The lowest BCUT2D eigenvalue weighted by molar-refractivity contribution is -0.148. The molecule has 3 aliphatic heterocycles. The molecule has 0 saturated carbocycles. The number of cyclic esters (lactones) is 1. The molecule has 1 aromatic rings. The predicted octanol–water partition coefficient (Wildman–Crippen LogP) is 2.95. The summed E-state index contributed by atoms with van der Waals surface area (Å²) in [6, 6.07) is 4.68. The van der Waals surface area contributed by atoms with E-state index in [1.165, 1.54) is 0 Å². The van der Waals surface area contributed by atoms with E-state index in [1.54, 1.807) is 18.2 Å². The number of carbonyl (C=O) groups excluding carboxylic acids is 3. The highest BCUT2D eigenvalue weighted by Crippen LogP contribution is 2.31. The van der Waals surface area contributed by atoms with Crippen molar-refractivity contribution in [3.05, 3.63) is 34.9 Å². The third kappa shape index (κ3) is 3.75. The molecule has 0 N–H and O–H groups in total. The van der Waals surface area contributed by atoms with Gasteiger partial charge in [0.1, 0.15) is 6.10 Å². The van der Waals surface area contributed by atoms with Gasteiger partial charge in [-0.15, -0.1) is 0 Å². The second kappa shape index (κ2) is 7.47. The van der Waals surface area contributed by atoms with E-state index in [1.807, 2.05) is 0 Å². The Morgan fingerprint density at radius 1 is 0.875 bits per heavy atom. The van der Waals surface area contributed by atoms with Gasteiger partial charge in [0, 0.05) is 12.0 Å². The van der Waals surface area contributed by atoms with Gasteiger partial charge >= 0.3 is 17.9 Å². The molecule has 1 unspecified atom stereocenters. The van der Waals surface area contributed by atoms with Gasteiger partial charge in [-0.05, 0) is 50.3 Å². The van der Waals surface area contributed by atoms with Crippen molar-refractivity contribution in [1.82, 2.24) is 0 Å². The molecule has 6 nitrogen and oxygen atoms in total. The highest BCUT2D eigenvalue weighted by atomic mass is 16.5. The van der Waals surface area contributed by atoms with Crippen LogP contribution >= 0.6 is 0 Å². The van der Waals surface area contributed by atoms with Crippen LogP contribution in [0.1, 0.15) is 70.9 Å². The Morgan fingerprint density at radius 3 is 2.42 bits per heavy atom. The van der Waals surface area contributed by atoms with E-state index in [2.05, 4.69) is 0 Å². The largest absolute Gasteiger partial charge is 0.462 e. The van der Waals surface area contributed by atoms with Crippen molar-refractivity contribution in [2.45, 2.75) is 44.6 Å². The van der Waals surface area contributed by atoms with E-state index in [-0.39, 0.29) is 19.2 Å². The maximum atomic E-state index is 12.4. The Hall–Kier alpha value is -2.37. The standard InChI is InChI=1S/C18H20O6/c19-16-6-2-1-5-15(24-16)14-11-12-7-8-13(14)18(21)23-10-4-3-9-22-17(12)20/h7-8,11,15H,1-6,9-10H2. The van der Waals surface area contributed by atoms with E-state index in [0.717, 1.165) is 12.8 Å². The SMILES string of the molecule is O=C1CCCCC(c2cc3ccc2C(=O)OCCCCOC3=O)O1. The highest BCUT2D eigenvalue weighted by Gasteiger charge is 2.27. The van der Waals surface area contributed by atoms with Crippen LogP contribution in [0.5, 0.6) is 0 Å². The molecule has 6 heteroatoms. The molecular formula is C18H20O6. The lowest BCUT2D eigenvalue weighted by Gasteiger charge is -2.20. The Balaban J connectivity index is 2.00. The van der Waals surface area contributed by atoms with E-state index >= 15 is 0 Å². The molecule has 0 spiro atoms. The van der Waals surface area contributed by atoms with Crippen molar-refractivity contribution in [1.29, 1.82) is 0 Å². The average molecular weight is 332 g/mol. The van der Waals surface area contributed by atoms with Gasteiger partial charge in [-0.2, -0.15) is 0 Å². The van der Waals surface area contributed by atoms with Crippen molar-refractivity contribution >= 4 is 17.9 Å². The first-order chi connectivity index (χ1) is 11.6. The van der Waals surface area contributed by atoms with Crippen LogP contribution in [0.15, 0.2) is 18.2 Å². The molecular weight excluding hydrogens is 312 g/mol. The van der Waals surface area contributed by atoms with Crippen molar-refractivity contribution in [2.24, 2.45) is 0 Å². The van der Waals surface area contributed by atoms with Crippen LogP contribution in [0.4, 0.5) is 0 Å². The molecule has 1 aromatic carbocycles. The zero-order chi connectivity index (χ0) is 16.9. The zero-order valence-electron chi connectivity index (χ0n) is 13.4. The minimum atomic E-state index is -0.543. The summed E-state index contributed by atoms with van der Waals surface area (Å²) in [5, 5.41) is 0. The fourth-order valence-electron chi connectivity index (χ4n) is 2.93. The topological polar surface area (TPSA) is 78.9 Å². The molecule has 3 aliphatic rings. The monoisotopic (exact) mass is 332 g/mol. The van der Waals surface area contributed by atoms with Gasteiger partial charge in [0.2, 0.25) is 0 Å². The molecule has 2 bridgehead atoms. The molecule has 1 fully saturated rings. The van der Waals surface area contributed by atoms with E-state index in [4.69, 9.17) is 14.2 Å². The average Bonchev–Trinajstić information content (AvgIpc) is 2.80. The number of carbonyl (C=O) groups is 3. The number of ether oxygens (including phenoxy) is 3. The molecule has 4 rings (SSSR count). The molecule has 1 saturated heterocycles. The molecule has 0 aromatic heterocycles. The number of rotatable bonds is 1. The molecule has 128 valence electrons. The van der Waals surface area contributed by atoms with Gasteiger partial charge in [-0.25, -0.2) is 9.59 Å². The Kier molecular flexibility index (Phi) is 5.13. The van der Waals surface area contributed by atoms with Crippen molar-refractivity contribution in [2.75, 3.05) is 13.2 Å². The summed E-state index contributed by atoms with van der Waals surface area (Å²) >= 11 is 0. The molecule has 24 heavy (non-hydrogen) atoms. The van der Waals surface area contributed by atoms with Gasteiger partial charge in [-0.1, -0.05) is 0 Å². The minimum absolute atomic E-state index is 0.266. The first-order valence-electron chi connectivity index (χ1n) is 8.33. The quantitative estimate of drug-likeness (QED) is 0.581. The van der Waals surface area contributed by atoms with Crippen LogP contribution in [-0.4, -0.2) is 31.1 Å². The van der Waals surface area contributed by atoms with Crippen molar-refractivity contribution in [3.8, 4) is 0 Å². The van der Waals surface area contributed by atoms with E-state index in [0.29, 0.717) is 42.4 Å². The summed E-state index contributed by atoms with van der Waals surface area (Å²) in [4.78, 5) is 36.3. The molecule has 0 amide bonds. The number of esters is 3. The number of benzene rings is 1. The molecule has 0 aliphatic carbocycles. The van der Waals surface area contributed by atoms with Gasteiger partial charge in [-0.3, -0.25) is 4.79 Å². The van der Waals surface area contributed by atoms with Gasteiger partial charge in [0.15, 0.2) is 0 Å². The van der Waals surface area contributed by atoms with Crippen LogP contribution in [-0.2, 0) is 19.0 Å². The predicted molar refractivity (Wildman–Crippen MR) is 83.5 cm³/mol. The Morgan fingerprint density at radius 2 is 1.62 bits per heavy atom. The van der Waals surface area contributed by atoms with Gasteiger partial charge < -0.3 is 14.2 Å². The van der Waals surface area contributed by atoms with Crippen LogP contribution in [0.25, 0.3) is 0 Å². The van der Waals surface area contributed by atoms with E-state index in [9.17, 15) is 14.4 Å². The molecule has 0 radical (unpaired) electrons. The molecule has 3 heterocycles. The summed E-state index contributed by atoms with van der Waals surface area (Å²) in [6.45, 7) is 0.550. The molecule has 1 atom stereocenters. The number of hydrogen-bond donors (Lipinski definition) is 0. The summed E-state index contributed by atoms with van der Waals surface area (Å²) < 4.78 is 16.0. The van der Waals surface area contributed by atoms with Crippen LogP contribution < -0.4 is 0 Å². The van der Waals surface area contributed by atoms with Crippen LogP contribution in [0, 0.1) is 0 Å². The van der Waals surface area contributed by atoms with E-state index < -0.39 is 18.0 Å². The first kappa shape index (κ1) is 16.5. The van der Waals surface area contributed by atoms with Gasteiger partial charge in [0.25, 0.3) is 0 Å². The van der Waals surface area contributed by atoms with Crippen LogP contribution in [0.3, 0.4) is 0 Å². The summed E-state index contributed by atoms with van der Waals surface area (Å²) in [6.07, 6.45) is 3.29. The Labute approximate surface area is 140 Å². The third-order valence-corrected chi connectivity index (χ3v) is 4.23. The Bertz CT molecular complexity index is 651. The number of fused-ring (bicyclic) bond motifs is 9. The normalized spacial score (nSPS) is 22.5. The fourth-order valence-corrected chi connectivity index (χ4v) is 2.93. The third-order valence-electron chi connectivity index (χ3n) is 4.23. The smallest absolute Gasteiger partial charge is 0.338 e.